The maximum atomic E-state index is 13.0. The Balaban J connectivity index is 1.86. The molecule has 0 spiro atoms. The van der Waals surface area contributed by atoms with Crippen LogP contribution in [-0.2, 0) is 6.18 Å². The third-order valence-electron chi connectivity index (χ3n) is 3.86. The smallest absolute Gasteiger partial charge is 0.360 e. The van der Waals surface area contributed by atoms with E-state index in [1.807, 2.05) is 6.07 Å². The van der Waals surface area contributed by atoms with E-state index in [1.165, 1.54) is 30.5 Å². The fraction of sp³-hybridized carbons (Fsp3) is 0.0526. The molecule has 0 saturated carbocycles. The molecule has 0 radical (unpaired) electrons. The van der Waals surface area contributed by atoms with Crippen LogP contribution in [0.3, 0.4) is 0 Å². The Bertz CT molecular complexity index is 1190. The van der Waals surface area contributed by atoms with Crippen molar-refractivity contribution in [3.63, 3.8) is 0 Å². The SMILES string of the molecule is N#CC(=CNc1ccc(Cl)c(C(F)(F)F)c1)c1nc(-c2cccc([N+](=O)[O-])c2)cs1. The number of alkyl halides is 3. The largest absolute Gasteiger partial charge is 0.417 e. The highest BCUT2D eigenvalue weighted by Gasteiger charge is 2.33. The molecule has 0 aliphatic rings. The molecule has 1 N–H and O–H groups in total. The Labute approximate surface area is 177 Å². The topological polar surface area (TPSA) is 91.8 Å². The van der Waals surface area contributed by atoms with E-state index in [-0.39, 0.29) is 16.9 Å². The highest BCUT2D eigenvalue weighted by Crippen LogP contribution is 2.36. The Morgan fingerprint density at radius 1 is 1.30 bits per heavy atom. The summed E-state index contributed by atoms with van der Waals surface area (Å²) in [5.74, 6) is 0. The second kappa shape index (κ2) is 8.52. The summed E-state index contributed by atoms with van der Waals surface area (Å²) in [5.41, 5.74) is 0.0246. The van der Waals surface area contributed by atoms with Crippen molar-refractivity contribution in [3.05, 3.63) is 79.8 Å². The van der Waals surface area contributed by atoms with Gasteiger partial charge in [0.1, 0.15) is 16.6 Å². The van der Waals surface area contributed by atoms with Crippen LogP contribution in [0.4, 0.5) is 24.5 Å². The average Bonchev–Trinajstić information content (AvgIpc) is 3.19. The van der Waals surface area contributed by atoms with Crippen molar-refractivity contribution >= 4 is 39.9 Å². The minimum atomic E-state index is -4.61. The predicted octanol–water partition coefficient (Wildman–Crippen LogP) is 6.37. The van der Waals surface area contributed by atoms with Crippen molar-refractivity contribution < 1.29 is 18.1 Å². The van der Waals surface area contributed by atoms with Crippen molar-refractivity contribution in [1.82, 2.24) is 4.98 Å². The number of nitriles is 1. The van der Waals surface area contributed by atoms with E-state index in [9.17, 15) is 28.5 Å². The maximum absolute atomic E-state index is 13.0. The standard InChI is InChI=1S/C19H10ClF3N4O2S/c20-16-5-4-13(7-15(16)19(21,22)23)25-9-12(8-24)18-26-17(10-30-18)11-2-1-3-14(6-11)27(28)29/h1-7,9-10,25H. The van der Waals surface area contributed by atoms with E-state index in [2.05, 4.69) is 10.3 Å². The number of hydrogen-bond acceptors (Lipinski definition) is 6. The minimum absolute atomic E-state index is 0.0835. The second-order valence-electron chi connectivity index (χ2n) is 5.85. The van der Waals surface area contributed by atoms with Crippen molar-refractivity contribution in [3.8, 4) is 17.3 Å². The molecule has 152 valence electrons. The molecule has 1 aromatic heterocycles. The number of allylic oxidation sites excluding steroid dienone is 1. The third-order valence-corrected chi connectivity index (χ3v) is 5.07. The van der Waals surface area contributed by atoms with E-state index >= 15 is 0 Å². The van der Waals surface area contributed by atoms with Gasteiger partial charge in [-0.05, 0) is 18.2 Å². The highest BCUT2D eigenvalue weighted by molar-refractivity contribution is 7.11. The van der Waals surface area contributed by atoms with Crippen molar-refractivity contribution in [2.75, 3.05) is 5.32 Å². The van der Waals surface area contributed by atoms with Crippen LogP contribution in [-0.4, -0.2) is 9.91 Å². The van der Waals surface area contributed by atoms with Crippen molar-refractivity contribution in [2.24, 2.45) is 0 Å². The van der Waals surface area contributed by atoms with Gasteiger partial charge in [0, 0.05) is 35.0 Å². The Hall–Kier alpha value is -3.42. The zero-order chi connectivity index (χ0) is 21.9. The molecular formula is C19H10ClF3N4O2S. The Morgan fingerprint density at radius 2 is 2.07 bits per heavy atom. The normalized spacial score (nSPS) is 11.8. The number of anilines is 1. The molecule has 0 aliphatic carbocycles. The van der Waals surface area contributed by atoms with Gasteiger partial charge in [0.2, 0.25) is 0 Å². The molecule has 30 heavy (non-hydrogen) atoms. The summed E-state index contributed by atoms with van der Waals surface area (Å²) in [5, 5.41) is 24.5. The lowest BCUT2D eigenvalue weighted by molar-refractivity contribution is -0.384. The van der Waals surface area contributed by atoms with Crippen LogP contribution < -0.4 is 5.32 Å². The van der Waals surface area contributed by atoms with E-state index < -0.39 is 21.7 Å². The molecule has 3 rings (SSSR count). The van der Waals surface area contributed by atoms with Gasteiger partial charge < -0.3 is 5.32 Å². The molecule has 0 bridgehead atoms. The van der Waals surface area contributed by atoms with E-state index in [1.54, 1.807) is 11.4 Å². The molecule has 1 heterocycles. The van der Waals surface area contributed by atoms with Crippen LogP contribution in [0.25, 0.3) is 16.8 Å². The number of nitrogens with one attached hydrogen (secondary N) is 1. The van der Waals surface area contributed by atoms with E-state index in [0.29, 0.717) is 16.3 Å². The molecule has 0 atom stereocenters. The fourth-order valence-corrected chi connectivity index (χ4v) is 3.46. The molecule has 0 saturated heterocycles. The molecule has 2 aromatic carbocycles. The van der Waals surface area contributed by atoms with Gasteiger partial charge in [-0.2, -0.15) is 18.4 Å². The number of non-ortho nitro benzene ring substituents is 1. The molecule has 3 aromatic rings. The molecule has 0 aliphatic heterocycles. The number of rotatable bonds is 5. The van der Waals surface area contributed by atoms with Gasteiger partial charge in [0.05, 0.1) is 21.2 Å². The Morgan fingerprint density at radius 3 is 2.73 bits per heavy atom. The second-order valence-corrected chi connectivity index (χ2v) is 7.12. The number of hydrogen-bond donors (Lipinski definition) is 1. The third kappa shape index (κ3) is 4.76. The van der Waals surface area contributed by atoms with Crippen molar-refractivity contribution in [2.45, 2.75) is 6.18 Å². The van der Waals surface area contributed by atoms with Crippen LogP contribution in [0.2, 0.25) is 5.02 Å². The summed E-state index contributed by atoms with van der Waals surface area (Å²) in [7, 11) is 0. The van der Waals surface area contributed by atoms with Crippen LogP contribution in [0.15, 0.2) is 54.0 Å². The summed E-state index contributed by atoms with van der Waals surface area (Å²) in [6.07, 6.45) is -3.38. The quantitative estimate of drug-likeness (QED) is 0.277. The lowest BCUT2D eigenvalue weighted by atomic mass is 10.1. The first-order valence-electron chi connectivity index (χ1n) is 8.13. The van der Waals surface area contributed by atoms with Crippen LogP contribution >= 0.6 is 22.9 Å². The monoisotopic (exact) mass is 450 g/mol. The van der Waals surface area contributed by atoms with Crippen LogP contribution in [0.5, 0.6) is 0 Å². The zero-order valence-corrected chi connectivity index (χ0v) is 16.3. The number of benzene rings is 2. The molecule has 11 heteroatoms. The number of aromatic nitrogens is 1. The number of thiazole rings is 1. The van der Waals surface area contributed by atoms with E-state index in [0.717, 1.165) is 23.5 Å². The van der Waals surface area contributed by atoms with Gasteiger partial charge in [-0.15, -0.1) is 11.3 Å². The van der Waals surface area contributed by atoms with Crippen molar-refractivity contribution in [1.29, 1.82) is 5.26 Å². The summed E-state index contributed by atoms with van der Waals surface area (Å²) < 4.78 is 38.9. The highest BCUT2D eigenvalue weighted by atomic mass is 35.5. The van der Waals surface area contributed by atoms with Gasteiger partial charge >= 0.3 is 6.18 Å². The number of nitro groups is 1. The molecule has 0 unspecified atom stereocenters. The number of nitro benzene ring substituents is 1. The Kier molecular flexibility index (Phi) is 6.05. The first-order chi connectivity index (χ1) is 14.2. The first kappa shape index (κ1) is 21.3. The van der Waals surface area contributed by atoms with Gasteiger partial charge in [0.25, 0.3) is 5.69 Å². The number of nitrogens with zero attached hydrogens (tertiary/aromatic N) is 3. The molecule has 6 nitrogen and oxygen atoms in total. The summed E-state index contributed by atoms with van der Waals surface area (Å²) in [4.78, 5) is 14.7. The minimum Gasteiger partial charge on any atom is -0.360 e. The average molecular weight is 451 g/mol. The van der Waals surface area contributed by atoms with Gasteiger partial charge in [-0.3, -0.25) is 10.1 Å². The van der Waals surface area contributed by atoms with Gasteiger partial charge in [-0.25, -0.2) is 4.98 Å². The van der Waals surface area contributed by atoms with Gasteiger partial charge in [-0.1, -0.05) is 23.7 Å². The lowest BCUT2D eigenvalue weighted by Crippen LogP contribution is -2.06. The predicted molar refractivity (Wildman–Crippen MR) is 108 cm³/mol. The number of halogens is 4. The lowest BCUT2D eigenvalue weighted by Gasteiger charge is -2.10. The molecular weight excluding hydrogens is 441 g/mol. The summed E-state index contributed by atoms with van der Waals surface area (Å²) in [6.45, 7) is 0. The van der Waals surface area contributed by atoms with Crippen LogP contribution in [0, 0.1) is 21.4 Å². The summed E-state index contributed by atoms with van der Waals surface area (Å²) in [6, 6.07) is 11.1. The van der Waals surface area contributed by atoms with Gasteiger partial charge in [0.15, 0.2) is 0 Å². The van der Waals surface area contributed by atoms with E-state index in [4.69, 9.17) is 11.6 Å². The van der Waals surface area contributed by atoms with Crippen LogP contribution in [0.1, 0.15) is 10.6 Å². The molecule has 0 amide bonds. The maximum Gasteiger partial charge on any atom is 0.417 e. The molecule has 0 fully saturated rings. The fourth-order valence-electron chi connectivity index (χ4n) is 2.44. The first-order valence-corrected chi connectivity index (χ1v) is 9.39. The summed E-state index contributed by atoms with van der Waals surface area (Å²) >= 11 is 6.72. The zero-order valence-electron chi connectivity index (χ0n) is 14.8.